The predicted octanol–water partition coefficient (Wildman–Crippen LogP) is 0.315. The van der Waals surface area contributed by atoms with Crippen LogP contribution in [-0.4, -0.2) is 31.9 Å². The monoisotopic (exact) mass is 267 g/mol. The van der Waals surface area contributed by atoms with Crippen molar-refractivity contribution < 1.29 is 14.5 Å². The summed E-state index contributed by atoms with van der Waals surface area (Å²) in [5, 5.41) is 18.5. The third-order valence-electron chi connectivity index (χ3n) is 2.62. The van der Waals surface area contributed by atoms with E-state index in [2.05, 4.69) is 25.8 Å². The molecule has 0 fully saturated rings. The molecular formula is C12H22BNO3Si. The van der Waals surface area contributed by atoms with E-state index in [9.17, 15) is 0 Å². The Kier molecular flexibility index (Phi) is 4.72. The fourth-order valence-electron chi connectivity index (χ4n) is 1.41. The first-order chi connectivity index (χ1) is 8.12. The molecule has 0 aliphatic heterocycles. The fraction of sp³-hybridized carbons (Fsp3) is 0.583. The van der Waals surface area contributed by atoms with Crippen molar-refractivity contribution in [2.24, 2.45) is 0 Å². The van der Waals surface area contributed by atoms with Crippen LogP contribution in [0.2, 0.25) is 5.04 Å². The molecule has 0 aliphatic rings. The van der Waals surface area contributed by atoms with E-state index in [0.29, 0.717) is 5.46 Å². The second kappa shape index (κ2) is 5.52. The Morgan fingerprint density at radius 2 is 1.78 bits per heavy atom. The van der Waals surface area contributed by atoms with E-state index >= 15 is 0 Å². The summed E-state index contributed by atoms with van der Waals surface area (Å²) in [6.07, 6.45) is 3.16. The Hall–Kier alpha value is -0.688. The molecule has 0 saturated carbocycles. The highest BCUT2D eigenvalue weighted by atomic mass is 28.2. The Balaban J connectivity index is 2.87. The lowest BCUT2D eigenvalue weighted by Gasteiger charge is -2.30. The first-order valence-corrected chi connectivity index (χ1v) is 7.36. The normalized spacial score (nSPS) is 13.3. The minimum Gasteiger partial charge on any atom is -0.423 e. The molecule has 0 radical (unpaired) electrons. The highest BCUT2D eigenvalue weighted by molar-refractivity contribution is 6.58. The van der Waals surface area contributed by atoms with E-state index < -0.39 is 22.5 Å². The van der Waals surface area contributed by atoms with Crippen LogP contribution >= 0.6 is 0 Å². The van der Waals surface area contributed by atoms with Gasteiger partial charge in [0.05, 0.1) is 5.60 Å². The predicted molar refractivity (Wildman–Crippen MR) is 76.4 cm³/mol. The van der Waals surface area contributed by atoms with Crippen molar-refractivity contribution in [1.29, 1.82) is 0 Å². The van der Waals surface area contributed by atoms with Crippen LogP contribution in [0, 0.1) is 0 Å². The summed E-state index contributed by atoms with van der Waals surface area (Å²) < 4.78 is 6.05. The molecule has 4 nitrogen and oxygen atoms in total. The molecule has 18 heavy (non-hydrogen) atoms. The van der Waals surface area contributed by atoms with Gasteiger partial charge in [-0.15, -0.1) is 0 Å². The van der Waals surface area contributed by atoms with Crippen LogP contribution < -0.4 is 5.46 Å². The summed E-state index contributed by atoms with van der Waals surface area (Å²) in [5.41, 5.74) is 0.809. The first kappa shape index (κ1) is 15.4. The van der Waals surface area contributed by atoms with Crippen LogP contribution in [0.1, 0.15) is 40.2 Å². The van der Waals surface area contributed by atoms with Crippen LogP contribution in [0.3, 0.4) is 0 Å². The molecule has 1 rings (SSSR count). The summed E-state index contributed by atoms with van der Waals surface area (Å²) in [7, 11) is -2.18. The standard InChI is InChI=1S/C12H22BNO3Si/c1-11(2,3)18-17-12(4,5)9-6-10(13(15)16)8-14-7-9/h6-8,15-16H,18H2,1-5H3. The average Bonchev–Trinajstić information content (AvgIpc) is 2.26. The molecule has 0 aromatic carbocycles. The summed E-state index contributed by atoms with van der Waals surface area (Å²) >= 11 is 0. The van der Waals surface area contributed by atoms with Gasteiger partial charge in [-0.2, -0.15) is 0 Å². The van der Waals surface area contributed by atoms with Crippen molar-refractivity contribution in [2.45, 2.75) is 45.3 Å². The quantitative estimate of drug-likeness (QED) is 0.771. The van der Waals surface area contributed by atoms with Crippen molar-refractivity contribution in [3.63, 3.8) is 0 Å². The van der Waals surface area contributed by atoms with Gasteiger partial charge in [0.1, 0.15) is 0 Å². The first-order valence-electron chi connectivity index (χ1n) is 6.07. The smallest absolute Gasteiger partial charge is 0.423 e. The third kappa shape index (κ3) is 4.53. The average molecular weight is 267 g/mol. The molecule has 0 atom stereocenters. The van der Waals surface area contributed by atoms with Gasteiger partial charge in [0.15, 0.2) is 9.76 Å². The van der Waals surface area contributed by atoms with Gasteiger partial charge in [0.25, 0.3) is 0 Å². The summed E-state index contributed by atoms with van der Waals surface area (Å²) in [4.78, 5) is 4.03. The van der Waals surface area contributed by atoms with Crippen LogP contribution in [-0.2, 0) is 10.0 Å². The van der Waals surface area contributed by atoms with Crippen molar-refractivity contribution in [3.05, 3.63) is 24.0 Å². The van der Waals surface area contributed by atoms with E-state index in [0.717, 1.165) is 5.56 Å². The molecule has 1 aromatic rings. The molecule has 0 aliphatic carbocycles. The lowest BCUT2D eigenvalue weighted by atomic mass is 9.80. The van der Waals surface area contributed by atoms with Gasteiger partial charge in [-0.1, -0.05) is 26.8 Å². The fourth-order valence-corrected chi connectivity index (χ4v) is 2.37. The Morgan fingerprint density at radius 1 is 1.17 bits per heavy atom. The minimum atomic E-state index is -1.49. The molecule has 0 bridgehead atoms. The molecule has 0 spiro atoms. The third-order valence-corrected chi connectivity index (χ3v) is 4.35. The van der Waals surface area contributed by atoms with Crippen LogP contribution in [0.15, 0.2) is 18.5 Å². The molecular weight excluding hydrogens is 245 g/mol. The number of hydrogen-bond acceptors (Lipinski definition) is 4. The highest BCUT2D eigenvalue weighted by Gasteiger charge is 2.26. The summed E-state index contributed by atoms with van der Waals surface area (Å²) in [6.45, 7) is 10.5. The van der Waals surface area contributed by atoms with Gasteiger partial charge < -0.3 is 14.5 Å². The summed E-state index contributed by atoms with van der Waals surface area (Å²) in [6, 6.07) is 1.73. The lowest BCUT2D eigenvalue weighted by Crippen LogP contribution is -2.33. The van der Waals surface area contributed by atoms with E-state index in [1.165, 1.54) is 6.20 Å². The maximum Gasteiger partial charge on any atom is 0.490 e. The van der Waals surface area contributed by atoms with E-state index in [-0.39, 0.29) is 5.04 Å². The van der Waals surface area contributed by atoms with Gasteiger partial charge >= 0.3 is 7.12 Å². The van der Waals surface area contributed by atoms with Gasteiger partial charge in [0, 0.05) is 23.4 Å². The highest BCUT2D eigenvalue weighted by Crippen LogP contribution is 2.28. The summed E-state index contributed by atoms with van der Waals surface area (Å²) in [5.74, 6) is 0. The largest absolute Gasteiger partial charge is 0.490 e. The zero-order chi connectivity index (χ0) is 14.0. The topological polar surface area (TPSA) is 62.6 Å². The van der Waals surface area contributed by atoms with Gasteiger partial charge in [0.2, 0.25) is 0 Å². The Bertz CT molecular complexity index is 405. The second-order valence-corrected chi connectivity index (χ2v) is 8.94. The molecule has 1 heterocycles. The molecule has 0 saturated heterocycles. The number of nitrogens with zero attached hydrogens (tertiary/aromatic N) is 1. The molecule has 0 amide bonds. The maximum absolute atomic E-state index is 9.16. The van der Waals surface area contributed by atoms with E-state index in [4.69, 9.17) is 14.5 Å². The van der Waals surface area contributed by atoms with Gasteiger partial charge in [-0.25, -0.2) is 0 Å². The molecule has 2 N–H and O–H groups in total. The number of hydrogen-bond donors (Lipinski definition) is 2. The van der Waals surface area contributed by atoms with Crippen LogP contribution in [0.4, 0.5) is 0 Å². The van der Waals surface area contributed by atoms with Crippen LogP contribution in [0.25, 0.3) is 0 Å². The zero-order valence-corrected chi connectivity index (χ0v) is 13.2. The molecule has 6 heteroatoms. The van der Waals surface area contributed by atoms with Gasteiger partial charge in [-0.3, -0.25) is 4.98 Å². The van der Waals surface area contributed by atoms with Gasteiger partial charge in [-0.05, 0) is 18.9 Å². The second-order valence-electron chi connectivity index (χ2n) is 6.24. The number of pyridine rings is 1. The number of rotatable bonds is 4. The minimum absolute atomic E-state index is 0.221. The van der Waals surface area contributed by atoms with Crippen LogP contribution in [0.5, 0.6) is 0 Å². The van der Waals surface area contributed by atoms with Crippen molar-refractivity contribution >= 4 is 22.3 Å². The van der Waals surface area contributed by atoms with Crippen molar-refractivity contribution in [3.8, 4) is 0 Å². The van der Waals surface area contributed by atoms with E-state index in [1.54, 1.807) is 12.3 Å². The van der Waals surface area contributed by atoms with Crippen molar-refractivity contribution in [2.75, 3.05) is 0 Å². The SMILES string of the molecule is CC(C)(C)[SiH2]OC(C)(C)c1cncc(B(O)O)c1. The number of aromatic nitrogens is 1. The van der Waals surface area contributed by atoms with Crippen molar-refractivity contribution in [1.82, 2.24) is 4.98 Å². The maximum atomic E-state index is 9.16. The Morgan fingerprint density at radius 3 is 2.28 bits per heavy atom. The molecule has 1 aromatic heterocycles. The zero-order valence-electron chi connectivity index (χ0n) is 11.8. The van der Waals surface area contributed by atoms with E-state index in [1.807, 2.05) is 13.8 Å². The lowest BCUT2D eigenvalue weighted by molar-refractivity contribution is 0.109. The Labute approximate surface area is 111 Å². The molecule has 0 unspecified atom stereocenters. The molecule has 100 valence electrons.